The third-order valence-electron chi connectivity index (χ3n) is 3.22. The van der Waals surface area contributed by atoms with Crippen LogP contribution >= 0.6 is 22.6 Å². The Kier molecular flexibility index (Phi) is 4.32. The summed E-state index contributed by atoms with van der Waals surface area (Å²) >= 11 is 1.88. The number of hydrogen-bond acceptors (Lipinski definition) is 2. The van der Waals surface area contributed by atoms with Crippen LogP contribution in [0.3, 0.4) is 0 Å². The Balaban J connectivity index is 2.11. The maximum atomic E-state index is 13.8. The van der Waals surface area contributed by atoms with Crippen LogP contribution in [0.2, 0.25) is 0 Å². The van der Waals surface area contributed by atoms with Gasteiger partial charge in [-0.2, -0.15) is 0 Å². The number of benzene rings is 1. The van der Waals surface area contributed by atoms with Gasteiger partial charge in [-0.15, -0.1) is 0 Å². The zero-order valence-electron chi connectivity index (χ0n) is 9.43. The average Bonchev–Trinajstić information content (AvgIpc) is 2.77. The summed E-state index contributed by atoms with van der Waals surface area (Å²) in [5.41, 5.74) is 5.77. The summed E-state index contributed by atoms with van der Waals surface area (Å²) in [4.78, 5) is 2.06. The maximum absolute atomic E-state index is 13.8. The van der Waals surface area contributed by atoms with Crippen molar-refractivity contribution in [2.75, 3.05) is 19.6 Å². The second-order valence-corrected chi connectivity index (χ2v) is 5.61. The lowest BCUT2D eigenvalue weighted by Gasteiger charge is -2.17. The third kappa shape index (κ3) is 2.95. The van der Waals surface area contributed by atoms with Crippen LogP contribution in [0.1, 0.15) is 12.0 Å². The quantitative estimate of drug-likeness (QED) is 0.669. The fraction of sp³-hybridized carbons (Fsp3) is 0.500. The first-order valence-corrected chi connectivity index (χ1v) is 6.74. The van der Waals surface area contributed by atoms with Crippen LogP contribution < -0.4 is 5.73 Å². The summed E-state index contributed by atoms with van der Waals surface area (Å²) in [6, 6.07) is 2.79. The first-order valence-electron chi connectivity index (χ1n) is 5.66. The molecule has 94 valence electrons. The highest BCUT2D eigenvalue weighted by atomic mass is 127. The first-order chi connectivity index (χ1) is 8.11. The van der Waals surface area contributed by atoms with Gasteiger partial charge in [-0.3, -0.25) is 4.90 Å². The molecule has 2 N–H and O–H groups in total. The maximum Gasteiger partial charge on any atom is 0.143 e. The monoisotopic (exact) mass is 352 g/mol. The minimum absolute atomic E-state index is 0.176. The smallest absolute Gasteiger partial charge is 0.143 e. The fourth-order valence-electron chi connectivity index (χ4n) is 2.19. The SMILES string of the molecule is NCC1CCN(Cc2c(F)ccc(I)c2F)C1. The first kappa shape index (κ1) is 13.2. The van der Waals surface area contributed by atoms with Crippen molar-refractivity contribution in [1.82, 2.24) is 4.90 Å². The highest BCUT2D eigenvalue weighted by Gasteiger charge is 2.23. The van der Waals surface area contributed by atoms with Crippen LogP contribution in [0.15, 0.2) is 12.1 Å². The molecular formula is C12H15F2IN2. The van der Waals surface area contributed by atoms with E-state index in [1.807, 2.05) is 22.6 Å². The van der Waals surface area contributed by atoms with Crippen molar-refractivity contribution in [2.45, 2.75) is 13.0 Å². The largest absolute Gasteiger partial charge is 0.330 e. The normalized spacial score (nSPS) is 21.1. The molecule has 1 saturated heterocycles. The highest BCUT2D eigenvalue weighted by Crippen LogP contribution is 2.23. The van der Waals surface area contributed by atoms with Crippen LogP contribution in [-0.4, -0.2) is 24.5 Å². The molecule has 17 heavy (non-hydrogen) atoms. The Labute approximate surface area is 113 Å². The second-order valence-electron chi connectivity index (χ2n) is 4.45. The second kappa shape index (κ2) is 5.58. The molecule has 0 bridgehead atoms. The molecule has 1 aliphatic heterocycles. The summed E-state index contributed by atoms with van der Waals surface area (Å²) in [6.45, 7) is 2.69. The Morgan fingerprint density at radius 1 is 1.41 bits per heavy atom. The van der Waals surface area contributed by atoms with Crippen LogP contribution in [0.4, 0.5) is 8.78 Å². The van der Waals surface area contributed by atoms with Gasteiger partial charge in [0.05, 0.1) is 0 Å². The van der Waals surface area contributed by atoms with E-state index in [0.29, 0.717) is 22.6 Å². The summed E-state index contributed by atoms with van der Waals surface area (Å²) in [5.74, 6) is -0.426. The molecule has 0 spiro atoms. The Morgan fingerprint density at radius 2 is 2.18 bits per heavy atom. The van der Waals surface area contributed by atoms with E-state index in [0.717, 1.165) is 19.5 Å². The Morgan fingerprint density at radius 3 is 2.82 bits per heavy atom. The van der Waals surface area contributed by atoms with E-state index in [1.165, 1.54) is 12.1 Å². The minimum Gasteiger partial charge on any atom is -0.330 e. The number of hydrogen-bond donors (Lipinski definition) is 1. The van der Waals surface area contributed by atoms with Crippen LogP contribution in [0.25, 0.3) is 0 Å². The molecule has 5 heteroatoms. The molecule has 1 atom stereocenters. The zero-order chi connectivity index (χ0) is 12.4. The molecule has 1 unspecified atom stereocenters. The van der Waals surface area contributed by atoms with Crippen molar-refractivity contribution in [3.63, 3.8) is 0 Å². The van der Waals surface area contributed by atoms with Gasteiger partial charge in [-0.1, -0.05) is 0 Å². The predicted molar refractivity (Wildman–Crippen MR) is 71.5 cm³/mol. The third-order valence-corrected chi connectivity index (χ3v) is 4.06. The molecule has 0 amide bonds. The van der Waals surface area contributed by atoms with Crippen molar-refractivity contribution in [1.29, 1.82) is 0 Å². The molecule has 0 radical (unpaired) electrons. The molecule has 1 fully saturated rings. The molecule has 2 rings (SSSR count). The Bertz CT molecular complexity index is 412. The van der Waals surface area contributed by atoms with Gasteiger partial charge >= 0.3 is 0 Å². The topological polar surface area (TPSA) is 29.3 Å². The van der Waals surface area contributed by atoms with Gasteiger partial charge in [0.1, 0.15) is 11.6 Å². The molecule has 2 nitrogen and oxygen atoms in total. The van der Waals surface area contributed by atoms with E-state index < -0.39 is 11.6 Å². The van der Waals surface area contributed by atoms with Crippen molar-refractivity contribution in [3.8, 4) is 0 Å². The minimum atomic E-state index is -0.459. The van der Waals surface area contributed by atoms with E-state index in [-0.39, 0.29) is 5.56 Å². The standard InChI is InChI=1S/C12H15F2IN2/c13-10-1-2-11(15)12(14)9(10)7-17-4-3-8(5-16)6-17/h1-2,8H,3-7,16H2. The van der Waals surface area contributed by atoms with Gasteiger partial charge < -0.3 is 5.73 Å². The number of nitrogens with two attached hydrogens (primary N) is 1. The zero-order valence-corrected chi connectivity index (χ0v) is 11.6. The van der Waals surface area contributed by atoms with Crippen molar-refractivity contribution in [3.05, 3.63) is 32.9 Å². The van der Waals surface area contributed by atoms with E-state index in [2.05, 4.69) is 4.90 Å². The van der Waals surface area contributed by atoms with Crippen LogP contribution in [0, 0.1) is 21.1 Å². The fourth-order valence-corrected chi connectivity index (χ4v) is 2.69. The Hall–Kier alpha value is -0.270. The summed E-state index contributed by atoms with van der Waals surface area (Å²) in [5, 5.41) is 0. The van der Waals surface area contributed by atoms with E-state index in [4.69, 9.17) is 5.73 Å². The van der Waals surface area contributed by atoms with Gasteiger partial charge in [-0.25, -0.2) is 8.78 Å². The lowest BCUT2D eigenvalue weighted by Crippen LogP contribution is -2.24. The predicted octanol–water partition coefficient (Wildman–Crippen LogP) is 2.35. The van der Waals surface area contributed by atoms with Gasteiger partial charge in [0, 0.05) is 22.2 Å². The van der Waals surface area contributed by atoms with Crippen LogP contribution in [-0.2, 0) is 6.54 Å². The molecule has 0 saturated carbocycles. The van der Waals surface area contributed by atoms with Crippen molar-refractivity contribution >= 4 is 22.6 Å². The molecule has 1 aliphatic rings. The molecule has 1 aromatic carbocycles. The van der Waals surface area contributed by atoms with Crippen molar-refractivity contribution in [2.24, 2.45) is 11.7 Å². The molecule has 1 heterocycles. The van der Waals surface area contributed by atoms with Crippen molar-refractivity contribution < 1.29 is 8.78 Å². The number of likely N-dealkylation sites (tertiary alicyclic amines) is 1. The highest BCUT2D eigenvalue weighted by molar-refractivity contribution is 14.1. The summed E-state index contributed by atoms with van der Waals surface area (Å²) in [6.07, 6.45) is 1.02. The molecule has 0 aliphatic carbocycles. The molecule has 0 aromatic heterocycles. The van der Waals surface area contributed by atoms with E-state index in [9.17, 15) is 8.78 Å². The lowest BCUT2D eigenvalue weighted by atomic mass is 10.1. The number of halogens is 3. The summed E-state index contributed by atoms with van der Waals surface area (Å²) < 4.78 is 27.8. The van der Waals surface area contributed by atoms with Crippen LogP contribution in [0.5, 0.6) is 0 Å². The lowest BCUT2D eigenvalue weighted by molar-refractivity contribution is 0.306. The van der Waals surface area contributed by atoms with E-state index in [1.54, 1.807) is 0 Å². The van der Waals surface area contributed by atoms with Gasteiger partial charge in [0.25, 0.3) is 0 Å². The van der Waals surface area contributed by atoms with E-state index >= 15 is 0 Å². The van der Waals surface area contributed by atoms with Gasteiger partial charge in [0.15, 0.2) is 0 Å². The van der Waals surface area contributed by atoms with Gasteiger partial charge in [0.2, 0.25) is 0 Å². The molecular weight excluding hydrogens is 337 g/mol. The average molecular weight is 352 g/mol. The number of rotatable bonds is 3. The molecule has 1 aromatic rings. The number of nitrogens with zero attached hydrogens (tertiary/aromatic N) is 1. The summed E-state index contributed by atoms with van der Waals surface area (Å²) in [7, 11) is 0. The van der Waals surface area contributed by atoms with Gasteiger partial charge in [-0.05, 0) is 60.2 Å².